The van der Waals surface area contributed by atoms with E-state index in [1.54, 1.807) is 11.3 Å². The molecule has 0 amide bonds. The molecular weight excluding hydrogens is 344 g/mol. The van der Waals surface area contributed by atoms with Crippen LogP contribution < -0.4 is 15.0 Å². The lowest BCUT2D eigenvalue weighted by atomic mass is 10.2. The first-order valence-electron chi connectivity index (χ1n) is 8.15. The minimum absolute atomic E-state index is 0. The van der Waals surface area contributed by atoms with E-state index >= 15 is 0 Å². The molecule has 0 aromatic carbocycles. The summed E-state index contributed by atoms with van der Waals surface area (Å²) in [6.45, 7) is 1.63. The van der Waals surface area contributed by atoms with Crippen LogP contribution in [0, 0.1) is 0 Å². The number of thiazole rings is 1. The number of halogens is 1. The molecule has 1 aliphatic carbocycles. The standard InChI is InChI=1S/C17H24N4OS.ClH/c1-21(2)17-20-12-15(23-17)11-18-10-13-7-8-19-16(9-13)22-14-5-3-4-6-14;/h7-9,12,14,18H,3-6,10-11H2,1-2H3;1H. The molecule has 0 bridgehead atoms. The highest BCUT2D eigenvalue weighted by Gasteiger charge is 2.16. The van der Waals surface area contributed by atoms with Crippen molar-refractivity contribution in [3.63, 3.8) is 0 Å². The fraction of sp³-hybridized carbons (Fsp3) is 0.529. The first kappa shape index (κ1) is 19.0. The zero-order chi connectivity index (χ0) is 16.1. The lowest BCUT2D eigenvalue weighted by Gasteiger charge is -2.12. The van der Waals surface area contributed by atoms with Crippen molar-refractivity contribution in [2.45, 2.75) is 44.9 Å². The second-order valence-electron chi connectivity index (χ2n) is 6.13. The number of pyridine rings is 1. The smallest absolute Gasteiger partial charge is 0.213 e. The summed E-state index contributed by atoms with van der Waals surface area (Å²) in [7, 11) is 4.03. The summed E-state index contributed by atoms with van der Waals surface area (Å²) >= 11 is 1.72. The van der Waals surface area contributed by atoms with Crippen molar-refractivity contribution < 1.29 is 4.74 Å². The van der Waals surface area contributed by atoms with Gasteiger partial charge in [0, 0.05) is 50.5 Å². The van der Waals surface area contributed by atoms with Gasteiger partial charge in [-0.3, -0.25) is 0 Å². The molecule has 1 saturated carbocycles. The van der Waals surface area contributed by atoms with Crippen LogP contribution in [0.15, 0.2) is 24.5 Å². The number of ether oxygens (including phenoxy) is 1. The summed E-state index contributed by atoms with van der Waals surface area (Å²) < 4.78 is 5.96. The Balaban J connectivity index is 0.00000208. The minimum Gasteiger partial charge on any atom is -0.474 e. The summed E-state index contributed by atoms with van der Waals surface area (Å²) in [5.41, 5.74) is 1.20. The normalized spacial score (nSPS) is 14.4. The topological polar surface area (TPSA) is 50.3 Å². The Morgan fingerprint density at radius 3 is 2.75 bits per heavy atom. The number of nitrogens with one attached hydrogen (secondary N) is 1. The molecule has 0 saturated heterocycles. The zero-order valence-corrected chi connectivity index (χ0v) is 15.8. The Labute approximate surface area is 153 Å². The monoisotopic (exact) mass is 368 g/mol. The molecule has 1 aliphatic rings. The molecule has 2 aromatic rings. The van der Waals surface area contributed by atoms with Gasteiger partial charge in [-0.1, -0.05) is 0 Å². The summed E-state index contributed by atoms with van der Waals surface area (Å²) in [6.07, 6.45) is 8.98. The molecule has 0 radical (unpaired) electrons. The third-order valence-electron chi connectivity index (χ3n) is 3.94. The van der Waals surface area contributed by atoms with Crippen molar-refractivity contribution in [3.05, 3.63) is 35.0 Å². The Bertz CT molecular complexity index is 629. The largest absolute Gasteiger partial charge is 0.474 e. The van der Waals surface area contributed by atoms with Gasteiger partial charge < -0.3 is 15.0 Å². The maximum Gasteiger partial charge on any atom is 0.213 e. The Morgan fingerprint density at radius 2 is 2.04 bits per heavy atom. The van der Waals surface area contributed by atoms with Gasteiger partial charge in [-0.05, 0) is 37.3 Å². The van der Waals surface area contributed by atoms with E-state index in [0.717, 1.165) is 36.9 Å². The van der Waals surface area contributed by atoms with Crippen molar-refractivity contribution in [1.82, 2.24) is 15.3 Å². The maximum atomic E-state index is 5.96. The van der Waals surface area contributed by atoms with Crippen LogP contribution in [0.1, 0.15) is 36.1 Å². The van der Waals surface area contributed by atoms with Gasteiger partial charge in [0.05, 0.1) is 0 Å². The number of hydrogen-bond donors (Lipinski definition) is 1. The Morgan fingerprint density at radius 1 is 1.25 bits per heavy atom. The van der Waals surface area contributed by atoms with Gasteiger partial charge in [0.2, 0.25) is 5.88 Å². The van der Waals surface area contributed by atoms with Crippen LogP contribution in [0.5, 0.6) is 5.88 Å². The third-order valence-corrected chi connectivity index (χ3v) is 5.11. The van der Waals surface area contributed by atoms with Gasteiger partial charge in [0.25, 0.3) is 0 Å². The SMILES string of the molecule is CN(C)c1ncc(CNCc2ccnc(OC3CCCC3)c2)s1.Cl. The van der Waals surface area contributed by atoms with Crippen LogP contribution in [-0.2, 0) is 13.1 Å². The Kier molecular flexibility index (Phi) is 7.27. The molecule has 1 fully saturated rings. The molecule has 0 spiro atoms. The quantitative estimate of drug-likeness (QED) is 0.808. The van der Waals surface area contributed by atoms with E-state index in [1.807, 2.05) is 43.5 Å². The highest BCUT2D eigenvalue weighted by atomic mass is 35.5. The molecule has 1 N–H and O–H groups in total. The maximum absolute atomic E-state index is 5.96. The van der Waals surface area contributed by atoms with Gasteiger partial charge in [-0.15, -0.1) is 23.7 Å². The lowest BCUT2D eigenvalue weighted by molar-refractivity contribution is 0.201. The van der Waals surface area contributed by atoms with Crippen LogP contribution in [0.3, 0.4) is 0 Å². The minimum atomic E-state index is 0. The van der Waals surface area contributed by atoms with Crippen LogP contribution in [0.2, 0.25) is 0 Å². The van der Waals surface area contributed by atoms with Crippen molar-refractivity contribution in [3.8, 4) is 5.88 Å². The van der Waals surface area contributed by atoms with Crippen LogP contribution in [0.25, 0.3) is 0 Å². The fourth-order valence-corrected chi connectivity index (χ4v) is 3.52. The second-order valence-corrected chi connectivity index (χ2v) is 7.23. The van der Waals surface area contributed by atoms with E-state index in [9.17, 15) is 0 Å². The van der Waals surface area contributed by atoms with E-state index < -0.39 is 0 Å². The number of rotatable bonds is 7. The zero-order valence-electron chi connectivity index (χ0n) is 14.2. The van der Waals surface area contributed by atoms with Crippen LogP contribution in [-0.4, -0.2) is 30.2 Å². The average Bonchev–Trinajstić information content (AvgIpc) is 3.19. The molecule has 7 heteroatoms. The molecule has 0 unspecified atom stereocenters. The molecule has 24 heavy (non-hydrogen) atoms. The molecular formula is C17H25ClN4OS. The van der Waals surface area contributed by atoms with Crippen molar-refractivity contribution in [2.75, 3.05) is 19.0 Å². The highest BCUT2D eigenvalue weighted by Crippen LogP contribution is 2.23. The third kappa shape index (κ3) is 5.33. The average molecular weight is 369 g/mol. The number of hydrogen-bond acceptors (Lipinski definition) is 6. The van der Waals surface area contributed by atoms with E-state index in [2.05, 4.69) is 15.3 Å². The van der Waals surface area contributed by atoms with Gasteiger partial charge >= 0.3 is 0 Å². The van der Waals surface area contributed by atoms with E-state index in [4.69, 9.17) is 4.74 Å². The first-order valence-corrected chi connectivity index (χ1v) is 8.96. The molecule has 2 aromatic heterocycles. The molecule has 3 rings (SSSR count). The van der Waals surface area contributed by atoms with E-state index in [1.165, 1.54) is 23.3 Å². The number of anilines is 1. The molecule has 0 aliphatic heterocycles. The Hall–Kier alpha value is -1.37. The molecule has 132 valence electrons. The van der Waals surface area contributed by atoms with Crippen LogP contribution in [0.4, 0.5) is 5.13 Å². The predicted octanol–water partition coefficient (Wildman–Crippen LogP) is 3.64. The second kappa shape index (κ2) is 9.20. The fourth-order valence-electron chi connectivity index (χ4n) is 2.72. The first-order chi connectivity index (χ1) is 11.2. The van der Waals surface area contributed by atoms with Crippen molar-refractivity contribution >= 4 is 28.9 Å². The number of aromatic nitrogens is 2. The predicted molar refractivity (Wildman–Crippen MR) is 101 cm³/mol. The van der Waals surface area contributed by atoms with E-state index in [-0.39, 0.29) is 12.4 Å². The van der Waals surface area contributed by atoms with Crippen molar-refractivity contribution in [2.24, 2.45) is 0 Å². The summed E-state index contributed by atoms with van der Waals surface area (Å²) in [4.78, 5) is 12.0. The summed E-state index contributed by atoms with van der Waals surface area (Å²) in [6, 6.07) is 4.08. The molecule has 2 heterocycles. The van der Waals surface area contributed by atoms with Crippen molar-refractivity contribution in [1.29, 1.82) is 0 Å². The van der Waals surface area contributed by atoms with Gasteiger partial charge in [-0.2, -0.15) is 0 Å². The summed E-state index contributed by atoms with van der Waals surface area (Å²) in [5, 5.41) is 4.50. The summed E-state index contributed by atoms with van der Waals surface area (Å²) in [5.74, 6) is 0.754. The van der Waals surface area contributed by atoms with Gasteiger partial charge in [0.15, 0.2) is 5.13 Å². The highest BCUT2D eigenvalue weighted by molar-refractivity contribution is 7.15. The van der Waals surface area contributed by atoms with E-state index in [0.29, 0.717) is 6.10 Å². The molecule has 5 nitrogen and oxygen atoms in total. The lowest BCUT2D eigenvalue weighted by Crippen LogP contribution is -2.14. The molecule has 0 atom stereocenters. The number of nitrogens with zero attached hydrogens (tertiary/aromatic N) is 3. The van der Waals surface area contributed by atoms with Crippen LogP contribution >= 0.6 is 23.7 Å². The van der Waals surface area contributed by atoms with Gasteiger partial charge in [0.1, 0.15) is 6.10 Å². The van der Waals surface area contributed by atoms with Gasteiger partial charge in [-0.25, -0.2) is 9.97 Å².